The number of hydrogen-bond acceptors (Lipinski definition) is 4. The van der Waals surface area contributed by atoms with E-state index in [-0.39, 0.29) is 18.1 Å². The second kappa shape index (κ2) is 10.4. The summed E-state index contributed by atoms with van der Waals surface area (Å²) in [5, 5.41) is 14.3. The fourth-order valence-corrected chi connectivity index (χ4v) is 4.24. The summed E-state index contributed by atoms with van der Waals surface area (Å²) >= 11 is 0. The number of nitrogens with zero attached hydrogens (tertiary/aromatic N) is 1. The van der Waals surface area contributed by atoms with E-state index in [4.69, 9.17) is 9.47 Å². The molecule has 0 unspecified atom stereocenters. The number of benzene rings is 3. The molecule has 0 atom stereocenters. The number of ether oxygens (including phenoxy) is 2. The molecule has 6 nitrogen and oxygen atoms in total. The number of nitrogens with one attached hydrogen (secondary N) is 1. The van der Waals surface area contributed by atoms with Crippen LogP contribution in [0.15, 0.2) is 66.7 Å². The van der Waals surface area contributed by atoms with Crippen molar-refractivity contribution in [2.24, 2.45) is 0 Å². The summed E-state index contributed by atoms with van der Waals surface area (Å²) in [4.78, 5) is 12.3. The molecule has 0 bridgehead atoms. The molecule has 4 rings (SSSR count). The van der Waals surface area contributed by atoms with Crippen LogP contribution in [-0.4, -0.2) is 36.4 Å². The van der Waals surface area contributed by atoms with Crippen molar-refractivity contribution in [1.82, 2.24) is 9.88 Å². The van der Waals surface area contributed by atoms with E-state index in [0.29, 0.717) is 35.7 Å². The molecule has 2 N–H and O–H groups in total. The van der Waals surface area contributed by atoms with Crippen LogP contribution in [0, 0.1) is 5.82 Å². The van der Waals surface area contributed by atoms with E-state index in [1.807, 2.05) is 42.5 Å². The second-order valence-corrected chi connectivity index (χ2v) is 7.94. The quantitative estimate of drug-likeness (QED) is 0.329. The third-order valence-electron chi connectivity index (χ3n) is 5.90. The Kier molecular flexibility index (Phi) is 7.13. The number of aromatic carboxylic acids is 1. The molecule has 0 aliphatic rings. The number of para-hydroxylation sites is 1. The number of carboxylic acids is 1. The van der Waals surface area contributed by atoms with Crippen LogP contribution in [0.3, 0.4) is 0 Å². The third-order valence-corrected chi connectivity index (χ3v) is 5.90. The van der Waals surface area contributed by atoms with Gasteiger partial charge in [-0.05, 0) is 42.8 Å². The van der Waals surface area contributed by atoms with Crippen LogP contribution in [0.2, 0.25) is 0 Å². The first-order chi connectivity index (χ1) is 16.5. The van der Waals surface area contributed by atoms with Crippen LogP contribution in [-0.2, 0) is 19.5 Å². The largest absolute Gasteiger partial charge is 0.493 e. The highest BCUT2D eigenvalue weighted by atomic mass is 19.1. The maximum Gasteiger partial charge on any atom is 0.352 e. The number of hydrogen-bond donors (Lipinski definition) is 2. The monoisotopic (exact) mass is 462 g/mol. The highest BCUT2D eigenvalue weighted by Gasteiger charge is 2.22. The number of carbonyl (C=O) groups is 1. The van der Waals surface area contributed by atoms with Crippen molar-refractivity contribution in [3.63, 3.8) is 0 Å². The fraction of sp³-hybridized carbons (Fsp3) is 0.222. The lowest BCUT2D eigenvalue weighted by Crippen LogP contribution is -2.19. The Bertz CT molecular complexity index is 1320. The summed E-state index contributed by atoms with van der Waals surface area (Å²) in [6, 6.07) is 19.7. The van der Waals surface area contributed by atoms with Gasteiger partial charge in [0.25, 0.3) is 0 Å². The van der Waals surface area contributed by atoms with Crippen LogP contribution < -0.4 is 14.8 Å². The average Bonchev–Trinajstić information content (AvgIpc) is 3.16. The molecule has 0 aliphatic heterocycles. The molecule has 3 aromatic carbocycles. The van der Waals surface area contributed by atoms with Gasteiger partial charge in [0.2, 0.25) is 0 Å². The molecule has 7 heteroatoms. The highest BCUT2D eigenvalue weighted by molar-refractivity contribution is 5.98. The number of carboxylic acid groups (broad SMARTS) is 1. The van der Waals surface area contributed by atoms with E-state index in [9.17, 15) is 14.3 Å². The second-order valence-electron chi connectivity index (χ2n) is 7.94. The first kappa shape index (κ1) is 23.3. The predicted octanol–water partition coefficient (Wildman–Crippen LogP) is 4.88. The lowest BCUT2D eigenvalue weighted by atomic mass is 10.1. The van der Waals surface area contributed by atoms with Crippen molar-refractivity contribution in [2.75, 3.05) is 20.8 Å². The van der Waals surface area contributed by atoms with Crippen molar-refractivity contribution in [3.05, 3.63) is 94.9 Å². The van der Waals surface area contributed by atoms with Crippen molar-refractivity contribution in [1.29, 1.82) is 0 Å². The van der Waals surface area contributed by atoms with Crippen LogP contribution in [0.1, 0.15) is 27.2 Å². The van der Waals surface area contributed by atoms with Gasteiger partial charge in [-0.15, -0.1) is 0 Å². The molecule has 176 valence electrons. The Labute approximate surface area is 197 Å². The van der Waals surface area contributed by atoms with Gasteiger partial charge in [0.15, 0.2) is 11.5 Å². The smallest absolute Gasteiger partial charge is 0.352 e. The zero-order valence-electron chi connectivity index (χ0n) is 19.2. The van der Waals surface area contributed by atoms with Crippen molar-refractivity contribution in [2.45, 2.75) is 19.5 Å². The molecule has 1 heterocycles. The van der Waals surface area contributed by atoms with Gasteiger partial charge in [-0.1, -0.05) is 42.5 Å². The molecule has 0 radical (unpaired) electrons. The van der Waals surface area contributed by atoms with E-state index in [1.54, 1.807) is 37.0 Å². The Morgan fingerprint density at radius 3 is 2.47 bits per heavy atom. The lowest BCUT2D eigenvalue weighted by Gasteiger charge is -2.11. The summed E-state index contributed by atoms with van der Waals surface area (Å²) in [6.07, 6.45) is 0.733. The Hall–Kier alpha value is -3.84. The Balaban J connectivity index is 1.57. The van der Waals surface area contributed by atoms with Crippen LogP contribution in [0.5, 0.6) is 11.5 Å². The first-order valence-corrected chi connectivity index (χ1v) is 11.0. The zero-order valence-corrected chi connectivity index (χ0v) is 19.2. The van der Waals surface area contributed by atoms with Crippen LogP contribution >= 0.6 is 0 Å². The summed E-state index contributed by atoms with van der Waals surface area (Å²) in [7, 11) is 3.20. The normalized spacial score (nSPS) is 11.0. The van der Waals surface area contributed by atoms with E-state index in [1.165, 1.54) is 6.07 Å². The average molecular weight is 463 g/mol. The summed E-state index contributed by atoms with van der Waals surface area (Å²) < 4.78 is 26.7. The topological polar surface area (TPSA) is 72.7 Å². The molecule has 1 aromatic heterocycles. The SMILES string of the molecule is COc1ccc(CCNCc2c(C(=O)O)n(Cc3ccccc3F)c3ccccc23)cc1OC. The molecule has 0 spiro atoms. The maximum absolute atomic E-state index is 14.3. The van der Waals surface area contributed by atoms with Crippen LogP contribution in [0.4, 0.5) is 4.39 Å². The number of methoxy groups -OCH3 is 2. The third kappa shape index (κ3) is 4.75. The standard InChI is InChI=1S/C27H27FN2O4/c1-33-24-12-11-18(15-25(24)34-2)13-14-29-16-21-20-8-4-6-10-23(20)30(26(21)27(31)32)17-19-7-3-5-9-22(19)28/h3-12,15,29H,13-14,16-17H2,1-2H3,(H,31,32). The highest BCUT2D eigenvalue weighted by Crippen LogP contribution is 2.29. The molecule has 34 heavy (non-hydrogen) atoms. The van der Waals surface area contributed by atoms with Gasteiger partial charge in [-0.2, -0.15) is 0 Å². The summed E-state index contributed by atoms with van der Waals surface area (Å²) in [5.41, 5.74) is 3.14. The molecule has 0 aliphatic carbocycles. The van der Waals surface area contributed by atoms with Gasteiger partial charge in [0.05, 0.1) is 20.8 Å². The van der Waals surface area contributed by atoms with Gasteiger partial charge < -0.3 is 24.5 Å². The Morgan fingerprint density at radius 1 is 1.00 bits per heavy atom. The zero-order chi connectivity index (χ0) is 24.1. The molecular formula is C27H27FN2O4. The number of fused-ring (bicyclic) bond motifs is 1. The summed E-state index contributed by atoms with van der Waals surface area (Å²) in [6.45, 7) is 1.15. The Morgan fingerprint density at radius 2 is 1.74 bits per heavy atom. The fourth-order valence-electron chi connectivity index (χ4n) is 4.24. The van der Waals surface area contributed by atoms with Gasteiger partial charge in [-0.3, -0.25) is 0 Å². The van der Waals surface area contributed by atoms with E-state index < -0.39 is 5.97 Å². The minimum Gasteiger partial charge on any atom is -0.493 e. The molecular weight excluding hydrogens is 435 g/mol. The minimum absolute atomic E-state index is 0.139. The molecule has 0 fully saturated rings. The molecule has 0 saturated carbocycles. The van der Waals surface area contributed by atoms with Crippen molar-refractivity contribution < 1.29 is 23.8 Å². The predicted molar refractivity (Wildman–Crippen MR) is 129 cm³/mol. The molecule has 0 amide bonds. The molecule has 0 saturated heterocycles. The van der Waals surface area contributed by atoms with E-state index in [2.05, 4.69) is 5.32 Å². The summed E-state index contributed by atoms with van der Waals surface area (Å²) in [5.74, 6) is -0.0483. The lowest BCUT2D eigenvalue weighted by molar-refractivity contribution is 0.0684. The van der Waals surface area contributed by atoms with Gasteiger partial charge in [0.1, 0.15) is 11.5 Å². The van der Waals surface area contributed by atoms with E-state index >= 15 is 0 Å². The maximum atomic E-state index is 14.3. The van der Waals surface area contributed by atoms with Crippen LogP contribution in [0.25, 0.3) is 10.9 Å². The van der Waals surface area contributed by atoms with E-state index in [0.717, 1.165) is 22.9 Å². The van der Waals surface area contributed by atoms with Gasteiger partial charge in [-0.25, -0.2) is 9.18 Å². The number of rotatable bonds is 10. The number of halogens is 1. The van der Waals surface area contributed by atoms with Crippen molar-refractivity contribution >= 4 is 16.9 Å². The first-order valence-electron chi connectivity index (χ1n) is 11.0. The van der Waals surface area contributed by atoms with Gasteiger partial charge >= 0.3 is 5.97 Å². The van der Waals surface area contributed by atoms with Crippen molar-refractivity contribution in [3.8, 4) is 11.5 Å². The van der Waals surface area contributed by atoms with Gasteiger partial charge in [0, 0.05) is 28.6 Å². The minimum atomic E-state index is -1.04. The molecule has 4 aromatic rings. The number of aromatic nitrogens is 1.